The Hall–Kier alpha value is -3.19. The van der Waals surface area contributed by atoms with Gasteiger partial charge in [0, 0.05) is 13.7 Å². The number of rotatable bonds is 12. The smallest absolute Gasteiger partial charge is 0.258 e. The molecule has 2 amide bonds. The molecule has 0 saturated carbocycles. The van der Waals surface area contributed by atoms with Crippen LogP contribution >= 0.6 is 0 Å². The lowest BCUT2D eigenvalue weighted by Crippen LogP contribution is -2.42. The van der Waals surface area contributed by atoms with Crippen molar-refractivity contribution in [2.45, 2.75) is 44.6 Å². The third-order valence-corrected chi connectivity index (χ3v) is 5.74. The number of allylic oxidation sites excluding steroid dienone is 1. The fourth-order valence-electron chi connectivity index (χ4n) is 4.07. The van der Waals surface area contributed by atoms with Gasteiger partial charge in [0.25, 0.3) is 11.8 Å². The van der Waals surface area contributed by atoms with Gasteiger partial charge in [-0.05, 0) is 56.2 Å². The van der Waals surface area contributed by atoms with Crippen LogP contribution in [-0.4, -0.2) is 44.7 Å². The fourth-order valence-corrected chi connectivity index (χ4v) is 4.07. The molecule has 1 aliphatic carbocycles. The summed E-state index contributed by atoms with van der Waals surface area (Å²) in [5, 5.41) is 5.66. The lowest BCUT2D eigenvalue weighted by atomic mass is 9.97. The Morgan fingerprint density at radius 1 is 1.09 bits per heavy atom. The highest BCUT2D eigenvalue weighted by molar-refractivity contribution is 5.97. The van der Waals surface area contributed by atoms with E-state index in [1.807, 2.05) is 30.3 Å². The molecule has 6 nitrogen and oxygen atoms in total. The minimum Gasteiger partial charge on any atom is -0.483 e. The highest BCUT2D eigenvalue weighted by Crippen LogP contribution is 2.22. The first-order valence-electron chi connectivity index (χ1n) is 11.8. The molecule has 0 unspecified atom stereocenters. The molecule has 0 radical (unpaired) electrons. The summed E-state index contributed by atoms with van der Waals surface area (Å²) in [5.74, 6) is -1.58. The van der Waals surface area contributed by atoms with E-state index in [1.54, 1.807) is 7.11 Å². The molecular formula is C27H33FN2O4. The predicted molar refractivity (Wildman–Crippen MR) is 129 cm³/mol. The second kappa shape index (κ2) is 13.5. The molecule has 1 aliphatic rings. The number of nitrogens with one attached hydrogen (secondary N) is 2. The van der Waals surface area contributed by atoms with E-state index in [4.69, 9.17) is 9.47 Å². The van der Waals surface area contributed by atoms with Crippen LogP contribution in [0.15, 0.2) is 60.2 Å². The molecule has 0 heterocycles. The molecule has 7 heteroatoms. The number of carbonyl (C=O) groups is 2. The number of hydrogen-bond acceptors (Lipinski definition) is 4. The zero-order chi connectivity index (χ0) is 24.2. The fraction of sp³-hybridized carbons (Fsp3) is 0.407. The summed E-state index contributed by atoms with van der Waals surface area (Å²) >= 11 is 0. The van der Waals surface area contributed by atoms with Gasteiger partial charge in [-0.1, -0.05) is 48.0 Å². The van der Waals surface area contributed by atoms with E-state index >= 15 is 0 Å². The van der Waals surface area contributed by atoms with Gasteiger partial charge in [-0.3, -0.25) is 9.59 Å². The maximum Gasteiger partial charge on any atom is 0.258 e. The Balaban J connectivity index is 1.55. The van der Waals surface area contributed by atoms with Crippen molar-refractivity contribution >= 4 is 11.8 Å². The highest BCUT2D eigenvalue weighted by Gasteiger charge is 2.20. The lowest BCUT2D eigenvalue weighted by molar-refractivity contribution is -0.124. The van der Waals surface area contributed by atoms with Gasteiger partial charge in [0.2, 0.25) is 0 Å². The maximum absolute atomic E-state index is 14.5. The van der Waals surface area contributed by atoms with E-state index in [9.17, 15) is 14.0 Å². The normalized spacial score (nSPS) is 14.1. The van der Waals surface area contributed by atoms with Crippen molar-refractivity contribution in [3.05, 3.63) is 77.1 Å². The summed E-state index contributed by atoms with van der Waals surface area (Å²) in [6.07, 6.45) is 8.08. The van der Waals surface area contributed by atoms with E-state index in [1.165, 1.54) is 36.6 Å². The topological polar surface area (TPSA) is 76.7 Å². The summed E-state index contributed by atoms with van der Waals surface area (Å²) in [7, 11) is 1.57. The Labute approximate surface area is 200 Å². The molecule has 3 rings (SSSR count). The molecule has 0 fully saturated rings. The monoisotopic (exact) mass is 468 g/mol. The van der Waals surface area contributed by atoms with Crippen LogP contribution in [0.3, 0.4) is 0 Å². The van der Waals surface area contributed by atoms with Crippen LogP contribution < -0.4 is 15.4 Å². The van der Waals surface area contributed by atoms with E-state index in [0.717, 1.165) is 24.8 Å². The van der Waals surface area contributed by atoms with Gasteiger partial charge in [-0.15, -0.1) is 0 Å². The van der Waals surface area contributed by atoms with Crippen molar-refractivity contribution in [3.63, 3.8) is 0 Å². The first-order valence-corrected chi connectivity index (χ1v) is 11.8. The molecule has 2 aromatic rings. The predicted octanol–water partition coefficient (Wildman–Crippen LogP) is 4.20. The van der Waals surface area contributed by atoms with Crippen LogP contribution in [-0.2, 0) is 16.0 Å². The Bertz CT molecular complexity index is 978. The van der Waals surface area contributed by atoms with E-state index in [2.05, 4.69) is 16.7 Å². The van der Waals surface area contributed by atoms with Gasteiger partial charge in [-0.2, -0.15) is 0 Å². The van der Waals surface area contributed by atoms with Crippen molar-refractivity contribution in [1.82, 2.24) is 10.6 Å². The SMILES string of the molecule is COC[C@H](Cc1ccccc1)NC(=O)COc1cccc(F)c1C(=O)NCCC1=CCCCC1. The number of hydrogen-bond donors (Lipinski definition) is 2. The average molecular weight is 469 g/mol. The van der Waals surface area contributed by atoms with Crippen LogP contribution in [0.2, 0.25) is 0 Å². The molecule has 0 saturated heterocycles. The number of benzene rings is 2. The van der Waals surface area contributed by atoms with Gasteiger partial charge in [0.15, 0.2) is 6.61 Å². The number of amides is 2. The summed E-state index contributed by atoms with van der Waals surface area (Å²) in [6.45, 7) is 0.424. The molecule has 1 atom stereocenters. The zero-order valence-electron chi connectivity index (χ0n) is 19.6. The minimum absolute atomic E-state index is 0.0379. The zero-order valence-corrected chi connectivity index (χ0v) is 19.6. The van der Waals surface area contributed by atoms with Crippen LogP contribution in [0, 0.1) is 5.82 Å². The highest BCUT2D eigenvalue weighted by atomic mass is 19.1. The first kappa shape index (κ1) is 25.4. The molecule has 2 aromatic carbocycles. The summed E-state index contributed by atoms with van der Waals surface area (Å²) in [5.41, 5.74) is 2.21. The lowest BCUT2D eigenvalue weighted by Gasteiger charge is -2.19. The van der Waals surface area contributed by atoms with E-state index in [-0.39, 0.29) is 29.9 Å². The van der Waals surface area contributed by atoms with Crippen LogP contribution in [0.5, 0.6) is 5.75 Å². The van der Waals surface area contributed by atoms with Crippen molar-refractivity contribution in [2.75, 3.05) is 26.9 Å². The second-order valence-corrected chi connectivity index (χ2v) is 8.43. The molecule has 34 heavy (non-hydrogen) atoms. The van der Waals surface area contributed by atoms with Crippen LogP contribution in [0.1, 0.15) is 48.0 Å². The summed E-state index contributed by atoms with van der Waals surface area (Å²) in [4.78, 5) is 25.2. The third kappa shape index (κ3) is 7.99. The third-order valence-electron chi connectivity index (χ3n) is 5.74. The van der Waals surface area contributed by atoms with Crippen molar-refractivity contribution in [3.8, 4) is 5.75 Å². The van der Waals surface area contributed by atoms with Crippen LogP contribution in [0.25, 0.3) is 0 Å². The maximum atomic E-state index is 14.5. The Kier molecular flexibility index (Phi) is 10.1. The first-order chi connectivity index (χ1) is 16.6. The Morgan fingerprint density at radius 2 is 1.91 bits per heavy atom. The molecule has 0 spiro atoms. The average Bonchev–Trinajstić information content (AvgIpc) is 2.84. The van der Waals surface area contributed by atoms with Gasteiger partial charge in [0.1, 0.15) is 17.1 Å². The van der Waals surface area contributed by atoms with Gasteiger partial charge < -0.3 is 20.1 Å². The number of ether oxygens (including phenoxy) is 2. The number of carbonyl (C=O) groups excluding carboxylic acids is 2. The number of methoxy groups -OCH3 is 1. The van der Waals surface area contributed by atoms with Gasteiger partial charge in [0.05, 0.1) is 12.6 Å². The molecule has 2 N–H and O–H groups in total. The Morgan fingerprint density at radius 3 is 2.65 bits per heavy atom. The summed E-state index contributed by atoms with van der Waals surface area (Å²) < 4.78 is 25.3. The summed E-state index contributed by atoms with van der Waals surface area (Å²) in [6, 6.07) is 13.7. The van der Waals surface area contributed by atoms with Gasteiger partial charge >= 0.3 is 0 Å². The van der Waals surface area contributed by atoms with Crippen molar-refractivity contribution in [2.24, 2.45) is 0 Å². The van der Waals surface area contributed by atoms with E-state index < -0.39 is 11.7 Å². The van der Waals surface area contributed by atoms with Crippen molar-refractivity contribution < 1.29 is 23.5 Å². The van der Waals surface area contributed by atoms with Crippen molar-refractivity contribution in [1.29, 1.82) is 0 Å². The standard InChI is InChI=1S/C27H33FN2O4/c1-33-18-22(17-21-11-6-3-7-12-21)30-25(31)19-34-24-14-8-13-23(28)26(24)27(32)29-16-15-20-9-4-2-5-10-20/h3,6-9,11-14,22H,2,4-5,10,15-19H2,1H3,(H,29,32)(H,30,31)/t22-/m0/s1. The molecule has 182 valence electrons. The molecule has 0 aromatic heterocycles. The second-order valence-electron chi connectivity index (χ2n) is 8.43. The largest absolute Gasteiger partial charge is 0.483 e. The minimum atomic E-state index is -0.686. The molecule has 0 bridgehead atoms. The number of halogens is 1. The van der Waals surface area contributed by atoms with E-state index in [0.29, 0.717) is 19.6 Å². The quantitative estimate of drug-likeness (QED) is 0.458. The van der Waals surface area contributed by atoms with Crippen LogP contribution in [0.4, 0.5) is 4.39 Å². The molecular weight excluding hydrogens is 435 g/mol. The van der Waals surface area contributed by atoms with Gasteiger partial charge in [-0.25, -0.2) is 4.39 Å². The molecule has 0 aliphatic heterocycles.